The van der Waals surface area contributed by atoms with E-state index >= 15 is 0 Å². The first-order valence-electron chi connectivity index (χ1n) is 10.3. The van der Waals surface area contributed by atoms with Crippen molar-refractivity contribution in [2.75, 3.05) is 6.61 Å². The number of carbonyl (C=O) groups excluding carboxylic acids is 1. The molecule has 0 radical (unpaired) electrons. The molecule has 0 heterocycles. The molecule has 0 saturated heterocycles. The van der Waals surface area contributed by atoms with Gasteiger partial charge in [-0.25, -0.2) is 0 Å². The van der Waals surface area contributed by atoms with E-state index in [4.69, 9.17) is 15.2 Å². The van der Waals surface area contributed by atoms with Gasteiger partial charge in [-0.05, 0) is 23.6 Å². The Balaban J connectivity index is 0.00000320. The van der Waals surface area contributed by atoms with Gasteiger partial charge < -0.3 is 20.5 Å². The molecule has 1 aliphatic rings. The zero-order valence-corrected chi connectivity index (χ0v) is 18.8. The summed E-state index contributed by atoms with van der Waals surface area (Å²) >= 11 is 0. The summed E-state index contributed by atoms with van der Waals surface area (Å²) in [5, 5.41) is 3.03. The zero-order chi connectivity index (χ0) is 20.9. The monoisotopic (exact) mass is 432 g/mol. The number of halogens is 1. The largest absolute Gasteiger partial charge is 0.378 e. The Morgan fingerprint density at radius 2 is 1.70 bits per heavy atom. The van der Waals surface area contributed by atoms with E-state index in [0.717, 1.165) is 16.7 Å². The van der Waals surface area contributed by atoms with Crippen LogP contribution < -0.4 is 11.1 Å². The van der Waals surface area contributed by atoms with Crippen LogP contribution in [0.1, 0.15) is 43.9 Å². The highest BCUT2D eigenvalue weighted by molar-refractivity contribution is 5.88. The third kappa shape index (κ3) is 5.03. The molecule has 3 N–H and O–H groups in total. The Morgan fingerprint density at radius 1 is 1.07 bits per heavy atom. The molecule has 2 unspecified atom stereocenters. The van der Waals surface area contributed by atoms with Gasteiger partial charge in [0.05, 0.1) is 19.3 Å². The highest BCUT2D eigenvalue weighted by Crippen LogP contribution is 2.49. The van der Waals surface area contributed by atoms with E-state index in [1.54, 1.807) is 0 Å². The summed E-state index contributed by atoms with van der Waals surface area (Å²) in [6.07, 6.45) is 0.559. The average molecular weight is 433 g/mol. The number of amides is 1. The van der Waals surface area contributed by atoms with Crippen LogP contribution in [-0.4, -0.2) is 24.2 Å². The van der Waals surface area contributed by atoms with Crippen molar-refractivity contribution < 1.29 is 14.3 Å². The molecule has 1 amide bonds. The van der Waals surface area contributed by atoms with E-state index in [1.165, 1.54) is 0 Å². The number of benzene rings is 2. The topological polar surface area (TPSA) is 73.6 Å². The predicted octanol–water partition coefficient (Wildman–Crippen LogP) is 3.97. The first-order valence-corrected chi connectivity index (χ1v) is 10.3. The van der Waals surface area contributed by atoms with Crippen molar-refractivity contribution in [1.82, 2.24) is 5.32 Å². The molecule has 1 aliphatic carbocycles. The molecule has 2 aromatic rings. The van der Waals surface area contributed by atoms with Gasteiger partial charge in [0.25, 0.3) is 0 Å². The lowest BCUT2D eigenvalue weighted by molar-refractivity contribution is -0.170. The number of nitrogens with one attached hydrogen (secondary N) is 1. The van der Waals surface area contributed by atoms with E-state index < -0.39 is 11.0 Å². The van der Waals surface area contributed by atoms with Gasteiger partial charge in [0.1, 0.15) is 5.54 Å². The second kappa shape index (κ2) is 10.4. The Kier molecular flexibility index (Phi) is 8.44. The minimum atomic E-state index is -0.911. The number of nitrogens with two attached hydrogens (primary N) is 1. The summed E-state index contributed by atoms with van der Waals surface area (Å²) < 4.78 is 11.6. The second-order valence-electron chi connectivity index (χ2n) is 8.27. The van der Waals surface area contributed by atoms with E-state index in [9.17, 15) is 4.79 Å². The zero-order valence-electron chi connectivity index (χ0n) is 18.0. The van der Waals surface area contributed by atoms with Crippen molar-refractivity contribution in [2.24, 2.45) is 11.1 Å². The summed E-state index contributed by atoms with van der Waals surface area (Å²) in [5.74, 6) is -0.126. The van der Waals surface area contributed by atoms with Crippen molar-refractivity contribution in [3.8, 4) is 0 Å². The first-order chi connectivity index (χ1) is 13.9. The molecule has 30 heavy (non-hydrogen) atoms. The highest BCUT2D eigenvalue weighted by Gasteiger charge is 2.62. The first kappa shape index (κ1) is 24.4. The lowest BCUT2D eigenvalue weighted by Gasteiger charge is -2.57. The molecule has 0 aromatic heterocycles. The van der Waals surface area contributed by atoms with E-state index in [1.807, 2.05) is 75.4 Å². The van der Waals surface area contributed by atoms with Crippen LogP contribution in [0, 0.1) is 5.41 Å². The van der Waals surface area contributed by atoms with Crippen LogP contribution >= 0.6 is 12.4 Å². The van der Waals surface area contributed by atoms with Crippen LogP contribution in [-0.2, 0) is 34.0 Å². The Hall–Kier alpha value is -1.92. The minimum Gasteiger partial charge on any atom is -0.378 e. The summed E-state index contributed by atoms with van der Waals surface area (Å²) in [5.41, 5.74) is 8.41. The summed E-state index contributed by atoms with van der Waals surface area (Å²) in [6, 6.07) is 18.1. The molecular weight excluding hydrogens is 400 g/mol. The van der Waals surface area contributed by atoms with Gasteiger partial charge in [-0.1, -0.05) is 68.4 Å². The standard InChI is InChI=1S/C24H32N2O3.ClH/c1-4-29-21-14-24(25,23(21,2)3)22(27)26-15-19-12-8-9-13-20(19)17-28-16-18-10-6-5-7-11-18;/h5-13,21H,4,14-17,25H2,1-3H3,(H,26,27);1H. The maximum Gasteiger partial charge on any atom is 0.241 e. The third-order valence-electron chi connectivity index (χ3n) is 6.16. The fourth-order valence-corrected chi connectivity index (χ4v) is 3.88. The number of hydrogen-bond acceptors (Lipinski definition) is 4. The number of carbonyl (C=O) groups is 1. The molecule has 0 aliphatic heterocycles. The fraction of sp³-hybridized carbons (Fsp3) is 0.458. The van der Waals surface area contributed by atoms with Gasteiger partial charge in [-0.2, -0.15) is 0 Å². The Labute approximate surface area is 185 Å². The molecule has 2 atom stereocenters. The number of hydrogen-bond donors (Lipinski definition) is 2. The van der Waals surface area contributed by atoms with Crippen LogP contribution in [0.25, 0.3) is 0 Å². The van der Waals surface area contributed by atoms with Gasteiger partial charge in [-0.15, -0.1) is 12.4 Å². The SMILES string of the molecule is CCOC1CC(N)(C(=O)NCc2ccccc2COCc2ccccc2)C1(C)C.Cl. The van der Waals surface area contributed by atoms with Crippen molar-refractivity contribution in [3.63, 3.8) is 0 Å². The van der Waals surface area contributed by atoms with Crippen LogP contribution in [0.15, 0.2) is 54.6 Å². The van der Waals surface area contributed by atoms with Crippen molar-refractivity contribution in [1.29, 1.82) is 0 Å². The smallest absolute Gasteiger partial charge is 0.241 e. The van der Waals surface area contributed by atoms with Gasteiger partial charge in [-0.3, -0.25) is 4.79 Å². The predicted molar refractivity (Wildman–Crippen MR) is 121 cm³/mol. The molecule has 164 valence electrons. The summed E-state index contributed by atoms with van der Waals surface area (Å²) in [4.78, 5) is 12.9. The van der Waals surface area contributed by atoms with E-state index in [-0.39, 0.29) is 24.4 Å². The summed E-state index contributed by atoms with van der Waals surface area (Å²) in [7, 11) is 0. The van der Waals surface area contributed by atoms with E-state index in [0.29, 0.717) is 32.8 Å². The normalized spacial score (nSPS) is 21.9. The van der Waals surface area contributed by atoms with Crippen LogP contribution in [0.2, 0.25) is 0 Å². The Morgan fingerprint density at radius 3 is 2.33 bits per heavy atom. The molecule has 0 spiro atoms. The van der Waals surface area contributed by atoms with Crippen LogP contribution in [0.5, 0.6) is 0 Å². The maximum atomic E-state index is 12.9. The quantitative estimate of drug-likeness (QED) is 0.628. The number of ether oxygens (including phenoxy) is 2. The molecular formula is C24H33ClN2O3. The molecule has 5 nitrogen and oxygen atoms in total. The highest BCUT2D eigenvalue weighted by atomic mass is 35.5. The molecule has 1 fully saturated rings. The van der Waals surface area contributed by atoms with Gasteiger partial charge in [0.15, 0.2) is 0 Å². The lowest BCUT2D eigenvalue weighted by Crippen LogP contribution is -2.75. The molecule has 6 heteroatoms. The molecule has 0 bridgehead atoms. The molecule has 3 rings (SSSR count). The van der Waals surface area contributed by atoms with Gasteiger partial charge in [0, 0.05) is 25.0 Å². The third-order valence-corrected chi connectivity index (χ3v) is 6.16. The fourth-order valence-electron chi connectivity index (χ4n) is 3.88. The van der Waals surface area contributed by atoms with Crippen molar-refractivity contribution in [2.45, 2.75) is 58.6 Å². The van der Waals surface area contributed by atoms with Crippen molar-refractivity contribution >= 4 is 18.3 Å². The van der Waals surface area contributed by atoms with Crippen LogP contribution in [0.3, 0.4) is 0 Å². The summed E-state index contributed by atoms with van der Waals surface area (Å²) in [6.45, 7) is 8.07. The second-order valence-corrected chi connectivity index (χ2v) is 8.27. The minimum absolute atomic E-state index is 0. The maximum absolute atomic E-state index is 12.9. The molecule has 2 aromatic carbocycles. The van der Waals surface area contributed by atoms with Crippen molar-refractivity contribution in [3.05, 3.63) is 71.3 Å². The lowest BCUT2D eigenvalue weighted by atomic mass is 9.54. The Bertz CT molecular complexity index is 828. The van der Waals surface area contributed by atoms with Crippen LogP contribution in [0.4, 0.5) is 0 Å². The van der Waals surface area contributed by atoms with Gasteiger partial charge >= 0.3 is 0 Å². The average Bonchev–Trinajstić information content (AvgIpc) is 2.73. The molecule has 1 saturated carbocycles. The van der Waals surface area contributed by atoms with Gasteiger partial charge in [0.2, 0.25) is 5.91 Å². The van der Waals surface area contributed by atoms with E-state index in [2.05, 4.69) is 5.32 Å². The number of rotatable bonds is 9.